The highest BCUT2D eigenvalue weighted by Crippen LogP contribution is 2.29. The van der Waals surface area contributed by atoms with Crippen LogP contribution in [0.3, 0.4) is 0 Å². The third kappa shape index (κ3) is 5.51. The van der Waals surface area contributed by atoms with Crippen molar-refractivity contribution in [2.75, 3.05) is 13.6 Å². The summed E-state index contributed by atoms with van der Waals surface area (Å²) >= 11 is 0. The number of rotatable bonds is 6. The Morgan fingerprint density at radius 3 is 2.67 bits per heavy atom. The van der Waals surface area contributed by atoms with Crippen LogP contribution in [-0.4, -0.2) is 24.8 Å². The maximum atomic E-state index is 12.5. The van der Waals surface area contributed by atoms with Crippen LogP contribution in [0.15, 0.2) is 42.2 Å². The molecule has 1 rings (SSSR count). The van der Waals surface area contributed by atoms with E-state index >= 15 is 0 Å². The molecule has 0 aliphatic carbocycles. The van der Waals surface area contributed by atoms with E-state index in [1.165, 1.54) is 18.5 Å². The highest BCUT2D eigenvalue weighted by atomic mass is 19.4. The molecule has 1 atom stereocenters. The molecule has 1 heterocycles. The van der Waals surface area contributed by atoms with Gasteiger partial charge in [-0.15, -0.1) is 0 Å². The minimum absolute atomic E-state index is 0.186. The Labute approximate surface area is 122 Å². The highest BCUT2D eigenvalue weighted by Gasteiger charge is 2.30. The average Bonchev–Trinajstić information content (AvgIpc) is 2.43. The number of pyridine rings is 1. The maximum absolute atomic E-state index is 12.5. The number of hydrogen-bond donors (Lipinski definition) is 1. The van der Waals surface area contributed by atoms with Crippen LogP contribution in [-0.2, 0) is 6.18 Å². The van der Waals surface area contributed by atoms with Crippen LogP contribution in [0, 0.1) is 5.92 Å². The van der Waals surface area contributed by atoms with Gasteiger partial charge in [0.25, 0.3) is 0 Å². The molecule has 1 N–H and O–H groups in total. The molecule has 1 unspecified atom stereocenters. The summed E-state index contributed by atoms with van der Waals surface area (Å²) < 4.78 is 37.6. The number of aliphatic imine (C=N–C) groups is 1. The van der Waals surface area contributed by atoms with Gasteiger partial charge < -0.3 is 5.32 Å². The van der Waals surface area contributed by atoms with Gasteiger partial charge in [-0.3, -0.25) is 9.98 Å². The second kappa shape index (κ2) is 7.73. The first kappa shape index (κ1) is 17.1. The molecule has 0 saturated heterocycles. The zero-order chi connectivity index (χ0) is 15.9. The lowest BCUT2D eigenvalue weighted by atomic mass is 10.0. The summed E-state index contributed by atoms with van der Waals surface area (Å²) in [5.41, 5.74) is 0.331. The number of nitrogens with one attached hydrogen (secondary N) is 1. The smallest absolute Gasteiger partial charge is 0.319 e. The Bertz CT molecular complexity index is 516. The molecule has 0 fully saturated rings. The molecule has 0 bridgehead atoms. The maximum Gasteiger partial charge on any atom is 0.417 e. The number of aromatic nitrogens is 1. The van der Waals surface area contributed by atoms with Crippen LogP contribution in [0.1, 0.15) is 18.2 Å². The van der Waals surface area contributed by atoms with Gasteiger partial charge in [-0.05, 0) is 25.1 Å². The van der Waals surface area contributed by atoms with Crippen LogP contribution in [0.25, 0.3) is 5.57 Å². The summed E-state index contributed by atoms with van der Waals surface area (Å²) in [6.45, 7) is 6.21. The van der Waals surface area contributed by atoms with Crippen LogP contribution < -0.4 is 5.32 Å². The van der Waals surface area contributed by atoms with E-state index in [0.717, 1.165) is 18.8 Å². The lowest BCUT2D eigenvalue weighted by molar-refractivity contribution is -0.137. The molecule has 0 spiro atoms. The minimum Gasteiger partial charge on any atom is -0.319 e. The number of alkyl halides is 3. The van der Waals surface area contributed by atoms with Gasteiger partial charge in [-0.2, -0.15) is 13.2 Å². The SMILES string of the molecule is C=CN=C/C(=C\C(C)CNC)c1ccc(C(F)(F)F)cn1. The average molecular weight is 297 g/mol. The number of halogens is 3. The lowest BCUT2D eigenvalue weighted by Gasteiger charge is -2.09. The molecule has 0 amide bonds. The standard InChI is InChI=1S/C15H18F3N3/c1-4-20-9-12(7-11(2)8-19-3)14-6-5-13(10-21-14)15(16,17)18/h4-7,9-11,19H,1,8H2,2-3H3/b12-7+,20-9?. The van der Waals surface area contributed by atoms with Crippen LogP contribution >= 0.6 is 0 Å². The van der Waals surface area contributed by atoms with Crippen molar-refractivity contribution in [1.82, 2.24) is 10.3 Å². The second-order valence-corrected chi connectivity index (χ2v) is 4.55. The van der Waals surface area contributed by atoms with Gasteiger partial charge in [-0.1, -0.05) is 19.6 Å². The predicted molar refractivity (Wildman–Crippen MR) is 79.0 cm³/mol. The summed E-state index contributed by atoms with van der Waals surface area (Å²) in [5.74, 6) is 0.186. The molecular formula is C15H18F3N3. The Morgan fingerprint density at radius 2 is 2.19 bits per heavy atom. The molecule has 6 heteroatoms. The van der Waals surface area contributed by atoms with E-state index in [2.05, 4.69) is 21.9 Å². The van der Waals surface area contributed by atoms with Gasteiger partial charge >= 0.3 is 6.18 Å². The molecule has 0 aliphatic heterocycles. The quantitative estimate of drug-likeness (QED) is 0.815. The minimum atomic E-state index is -4.38. The number of nitrogens with zero attached hydrogens (tertiary/aromatic N) is 2. The van der Waals surface area contributed by atoms with E-state index in [1.54, 1.807) is 0 Å². The molecule has 0 saturated carbocycles. The van der Waals surface area contributed by atoms with E-state index in [4.69, 9.17) is 0 Å². The Morgan fingerprint density at radius 1 is 1.48 bits per heavy atom. The zero-order valence-corrected chi connectivity index (χ0v) is 12.0. The van der Waals surface area contributed by atoms with Crippen LogP contribution in [0.5, 0.6) is 0 Å². The topological polar surface area (TPSA) is 37.3 Å². The first-order valence-corrected chi connectivity index (χ1v) is 6.42. The van der Waals surface area contributed by atoms with Gasteiger partial charge in [0.05, 0.1) is 11.3 Å². The van der Waals surface area contributed by atoms with Crippen molar-refractivity contribution in [3.05, 3.63) is 48.4 Å². The molecule has 0 aromatic carbocycles. The molecule has 1 aromatic heterocycles. The highest BCUT2D eigenvalue weighted by molar-refractivity contribution is 6.09. The van der Waals surface area contributed by atoms with E-state index in [0.29, 0.717) is 11.3 Å². The van der Waals surface area contributed by atoms with Gasteiger partial charge in [0, 0.05) is 30.7 Å². The zero-order valence-electron chi connectivity index (χ0n) is 12.0. The normalized spacial score (nSPS) is 14.4. The van der Waals surface area contributed by atoms with E-state index in [1.807, 2.05) is 20.0 Å². The summed E-state index contributed by atoms with van der Waals surface area (Å²) in [6, 6.07) is 2.36. The third-order valence-electron chi connectivity index (χ3n) is 2.70. The van der Waals surface area contributed by atoms with Gasteiger partial charge in [-0.25, -0.2) is 0 Å². The van der Waals surface area contributed by atoms with Gasteiger partial charge in [0.2, 0.25) is 0 Å². The summed E-state index contributed by atoms with van der Waals surface area (Å²) in [7, 11) is 1.83. The van der Waals surface area contributed by atoms with E-state index in [-0.39, 0.29) is 5.92 Å². The lowest BCUT2D eigenvalue weighted by Crippen LogP contribution is -2.15. The molecule has 114 valence electrons. The van der Waals surface area contributed by atoms with E-state index < -0.39 is 11.7 Å². The first-order valence-electron chi connectivity index (χ1n) is 6.42. The third-order valence-corrected chi connectivity index (χ3v) is 2.70. The fourth-order valence-corrected chi connectivity index (χ4v) is 1.75. The first-order chi connectivity index (χ1) is 9.88. The van der Waals surface area contributed by atoms with Crippen LogP contribution in [0.4, 0.5) is 13.2 Å². The number of allylic oxidation sites excluding steroid dienone is 1. The fraction of sp³-hybridized carbons (Fsp3) is 0.333. The van der Waals surface area contributed by atoms with Gasteiger partial charge in [0.15, 0.2) is 0 Å². The molecule has 1 aromatic rings. The van der Waals surface area contributed by atoms with Crippen molar-refractivity contribution in [2.45, 2.75) is 13.1 Å². The molecule has 3 nitrogen and oxygen atoms in total. The molecule has 0 aliphatic rings. The van der Waals surface area contributed by atoms with E-state index in [9.17, 15) is 13.2 Å². The Hall–Kier alpha value is -1.95. The monoisotopic (exact) mass is 297 g/mol. The molecule has 21 heavy (non-hydrogen) atoms. The number of hydrogen-bond acceptors (Lipinski definition) is 3. The van der Waals surface area contributed by atoms with Crippen molar-refractivity contribution in [3.63, 3.8) is 0 Å². The summed E-state index contributed by atoms with van der Waals surface area (Å²) in [4.78, 5) is 7.80. The van der Waals surface area contributed by atoms with Gasteiger partial charge in [0.1, 0.15) is 0 Å². The summed E-state index contributed by atoms with van der Waals surface area (Å²) in [6.07, 6.45) is 1.24. The van der Waals surface area contributed by atoms with Crippen molar-refractivity contribution >= 4 is 11.8 Å². The molecular weight excluding hydrogens is 279 g/mol. The predicted octanol–water partition coefficient (Wildman–Crippen LogP) is 3.55. The van der Waals surface area contributed by atoms with Crippen LogP contribution in [0.2, 0.25) is 0 Å². The summed E-state index contributed by atoms with van der Waals surface area (Å²) in [5, 5.41) is 3.03. The van der Waals surface area contributed by atoms with Crippen molar-refractivity contribution in [2.24, 2.45) is 10.9 Å². The Balaban J connectivity index is 3.09. The van der Waals surface area contributed by atoms with Crippen molar-refractivity contribution in [3.8, 4) is 0 Å². The largest absolute Gasteiger partial charge is 0.417 e. The van der Waals surface area contributed by atoms with Crippen molar-refractivity contribution < 1.29 is 13.2 Å². The van der Waals surface area contributed by atoms with Crippen molar-refractivity contribution in [1.29, 1.82) is 0 Å². The second-order valence-electron chi connectivity index (χ2n) is 4.55. The Kier molecular flexibility index (Phi) is 6.30. The fourth-order valence-electron chi connectivity index (χ4n) is 1.75. The molecule has 0 radical (unpaired) electrons.